The fraction of sp³-hybridized carbons (Fsp3) is 0.267. The summed E-state index contributed by atoms with van der Waals surface area (Å²) in [7, 11) is 0. The van der Waals surface area contributed by atoms with E-state index in [1.54, 1.807) is 0 Å². The van der Waals surface area contributed by atoms with Crippen LogP contribution in [0.15, 0.2) is 24.5 Å². The summed E-state index contributed by atoms with van der Waals surface area (Å²) in [4.78, 5) is 20.3. The first kappa shape index (κ1) is 14.0. The maximum atomic E-state index is 12.4. The van der Waals surface area contributed by atoms with E-state index in [1.807, 2.05) is 39.0 Å². The number of carbonyl (C=O) groups excluding carboxylic acids is 1. The minimum Gasteiger partial charge on any atom is -0.383 e. The van der Waals surface area contributed by atoms with Crippen molar-refractivity contribution in [2.45, 2.75) is 27.2 Å². The van der Waals surface area contributed by atoms with Crippen molar-refractivity contribution in [2.24, 2.45) is 0 Å². The second kappa shape index (κ2) is 5.69. The van der Waals surface area contributed by atoms with E-state index < -0.39 is 0 Å². The van der Waals surface area contributed by atoms with Gasteiger partial charge in [0.05, 0.1) is 0 Å². The van der Waals surface area contributed by atoms with E-state index in [-0.39, 0.29) is 5.91 Å². The Bertz CT molecular complexity index is 652. The molecule has 0 aliphatic heterocycles. The molecule has 0 unspecified atom stereocenters. The molecule has 3 N–H and O–H groups in total. The summed E-state index contributed by atoms with van der Waals surface area (Å²) in [6.45, 7) is 5.85. The van der Waals surface area contributed by atoms with E-state index in [0.717, 1.165) is 16.8 Å². The van der Waals surface area contributed by atoms with Gasteiger partial charge in [-0.1, -0.05) is 19.1 Å². The number of aryl methyl sites for hydroxylation is 2. The molecule has 0 atom stereocenters. The van der Waals surface area contributed by atoms with Crippen LogP contribution in [0.2, 0.25) is 0 Å². The second-order valence-electron chi connectivity index (χ2n) is 4.71. The van der Waals surface area contributed by atoms with Gasteiger partial charge in [0.15, 0.2) is 0 Å². The van der Waals surface area contributed by atoms with Crippen molar-refractivity contribution in [1.29, 1.82) is 0 Å². The summed E-state index contributed by atoms with van der Waals surface area (Å²) in [6.07, 6.45) is 1.93. The van der Waals surface area contributed by atoms with Gasteiger partial charge < -0.3 is 11.1 Å². The third-order valence-electron chi connectivity index (χ3n) is 3.19. The topological polar surface area (TPSA) is 80.9 Å². The number of hydrogen-bond donors (Lipinski definition) is 2. The molecule has 1 heterocycles. The highest BCUT2D eigenvalue weighted by Gasteiger charge is 2.16. The number of hydrogen-bond acceptors (Lipinski definition) is 4. The highest BCUT2D eigenvalue weighted by atomic mass is 16.1. The van der Waals surface area contributed by atoms with Crippen LogP contribution < -0.4 is 11.1 Å². The third kappa shape index (κ3) is 2.77. The molecule has 0 saturated heterocycles. The molecular weight excluding hydrogens is 252 g/mol. The first-order valence-electron chi connectivity index (χ1n) is 6.51. The number of benzene rings is 1. The van der Waals surface area contributed by atoms with Crippen LogP contribution in [0.4, 0.5) is 11.5 Å². The van der Waals surface area contributed by atoms with Crippen LogP contribution in [0.5, 0.6) is 0 Å². The average Bonchev–Trinajstić information content (AvgIpc) is 2.42. The van der Waals surface area contributed by atoms with E-state index in [4.69, 9.17) is 5.73 Å². The molecule has 0 saturated carbocycles. The molecule has 20 heavy (non-hydrogen) atoms. The van der Waals surface area contributed by atoms with E-state index in [1.165, 1.54) is 6.33 Å². The van der Waals surface area contributed by atoms with E-state index in [0.29, 0.717) is 23.5 Å². The predicted octanol–water partition coefficient (Wildman–Crippen LogP) is 2.49. The minimum absolute atomic E-state index is 0.260. The molecule has 0 bridgehead atoms. The Morgan fingerprint density at radius 1 is 1.30 bits per heavy atom. The zero-order valence-corrected chi connectivity index (χ0v) is 11.9. The molecule has 5 nitrogen and oxygen atoms in total. The van der Waals surface area contributed by atoms with Gasteiger partial charge in [-0.15, -0.1) is 0 Å². The summed E-state index contributed by atoms with van der Waals surface area (Å²) in [5.41, 5.74) is 9.67. The molecule has 1 amide bonds. The van der Waals surface area contributed by atoms with Gasteiger partial charge in [0.2, 0.25) is 0 Å². The molecule has 0 fully saturated rings. The lowest BCUT2D eigenvalue weighted by atomic mass is 10.1. The Morgan fingerprint density at radius 3 is 2.75 bits per heavy atom. The number of aromatic nitrogens is 2. The van der Waals surface area contributed by atoms with Crippen molar-refractivity contribution in [3.05, 3.63) is 46.9 Å². The standard InChI is InChI=1S/C15H18N4O/c1-4-11-13(17-8-18-14(11)16)15(20)19-12-7-9(2)5-6-10(12)3/h5-8H,4H2,1-3H3,(H,19,20)(H2,16,17,18). The highest BCUT2D eigenvalue weighted by molar-refractivity contribution is 6.04. The summed E-state index contributed by atoms with van der Waals surface area (Å²) in [6, 6.07) is 5.91. The molecule has 0 aliphatic carbocycles. The van der Waals surface area contributed by atoms with Crippen molar-refractivity contribution in [3.63, 3.8) is 0 Å². The normalized spacial score (nSPS) is 10.3. The number of nitrogens with two attached hydrogens (primary N) is 1. The third-order valence-corrected chi connectivity index (χ3v) is 3.19. The number of nitrogens with one attached hydrogen (secondary N) is 1. The fourth-order valence-corrected chi connectivity index (χ4v) is 2.02. The fourth-order valence-electron chi connectivity index (χ4n) is 2.02. The first-order valence-corrected chi connectivity index (χ1v) is 6.51. The Kier molecular flexibility index (Phi) is 3.98. The predicted molar refractivity (Wildman–Crippen MR) is 79.7 cm³/mol. The van der Waals surface area contributed by atoms with Crippen LogP contribution in [-0.2, 0) is 6.42 Å². The van der Waals surface area contributed by atoms with Crippen LogP contribution in [0, 0.1) is 13.8 Å². The van der Waals surface area contributed by atoms with Gasteiger partial charge in [-0.25, -0.2) is 9.97 Å². The first-order chi connectivity index (χ1) is 9.52. The van der Waals surface area contributed by atoms with E-state index >= 15 is 0 Å². The maximum Gasteiger partial charge on any atom is 0.274 e. The Morgan fingerprint density at radius 2 is 2.05 bits per heavy atom. The minimum atomic E-state index is -0.260. The van der Waals surface area contributed by atoms with Gasteiger partial charge in [-0.3, -0.25) is 4.79 Å². The zero-order valence-electron chi connectivity index (χ0n) is 11.9. The lowest BCUT2D eigenvalue weighted by molar-refractivity contribution is 0.102. The van der Waals surface area contributed by atoms with Crippen molar-refractivity contribution in [2.75, 3.05) is 11.1 Å². The number of anilines is 2. The van der Waals surface area contributed by atoms with Crippen LogP contribution in [0.25, 0.3) is 0 Å². The molecule has 2 rings (SSSR count). The highest BCUT2D eigenvalue weighted by Crippen LogP contribution is 2.19. The molecule has 0 aliphatic rings. The largest absolute Gasteiger partial charge is 0.383 e. The van der Waals surface area contributed by atoms with Gasteiger partial charge in [0.25, 0.3) is 5.91 Å². The SMILES string of the molecule is CCc1c(N)ncnc1C(=O)Nc1cc(C)ccc1C. The van der Waals surface area contributed by atoms with Crippen molar-refractivity contribution >= 4 is 17.4 Å². The van der Waals surface area contributed by atoms with Crippen LogP contribution in [-0.4, -0.2) is 15.9 Å². The summed E-state index contributed by atoms with van der Waals surface area (Å²) >= 11 is 0. The lowest BCUT2D eigenvalue weighted by Crippen LogP contribution is -2.18. The monoisotopic (exact) mass is 270 g/mol. The molecule has 104 valence electrons. The van der Waals surface area contributed by atoms with Crippen molar-refractivity contribution < 1.29 is 4.79 Å². The van der Waals surface area contributed by atoms with Crippen LogP contribution in [0.3, 0.4) is 0 Å². The Hall–Kier alpha value is -2.43. The Balaban J connectivity index is 2.33. The van der Waals surface area contributed by atoms with Crippen molar-refractivity contribution in [3.8, 4) is 0 Å². The Labute approximate surface area is 118 Å². The van der Waals surface area contributed by atoms with Gasteiger partial charge >= 0.3 is 0 Å². The summed E-state index contributed by atoms with van der Waals surface area (Å²) < 4.78 is 0. The number of carbonyl (C=O) groups is 1. The maximum absolute atomic E-state index is 12.4. The molecule has 5 heteroatoms. The van der Waals surface area contributed by atoms with E-state index in [9.17, 15) is 4.79 Å². The van der Waals surface area contributed by atoms with Gasteiger partial charge in [0.1, 0.15) is 17.8 Å². The average molecular weight is 270 g/mol. The number of nitrogen functional groups attached to an aromatic ring is 1. The molecule has 0 radical (unpaired) electrons. The summed E-state index contributed by atoms with van der Waals surface area (Å²) in [5.74, 6) is 0.0956. The molecular formula is C15H18N4O. The zero-order chi connectivity index (χ0) is 14.7. The number of amides is 1. The smallest absolute Gasteiger partial charge is 0.274 e. The second-order valence-corrected chi connectivity index (χ2v) is 4.71. The molecule has 1 aromatic heterocycles. The van der Waals surface area contributed by atoms with Crippen molar-refractivity contribution in [1.82, 2.24) is 9.97 Å². The lowest BCUT2D eigenvalue weighted by Gasteiger charge is -2.11. The number of rotatable bonds is 3. The molecule has 1 aromatic carbocycles. The number of nitrogens with zero attached hydrogens (tertiary/aromatic N) is 2. The van der Waals surface area contributed by atoms with Crippen LogP contribution in [0.1, 0.15) is 34.1 Å². The van der Waals surface area contributed by atoms with Gasteiger partial charge in [-0.05, 0) is 37.5 Å². The van der Waals surface area contributed by atoms with Gasteiger partial charge in [-0.2, -0.15) is 0 Å². The van der Waals surface area contributed by atoms with Crippen LogP contribution >= 0.6 is 0 Å². The summed E-state index contributed by atoms with van der Waals surface area (Å²) in [5, 5.41) is 2.88. The molecule has 2 aromatic rings. The quantitative estimate of drug-likeness (QED) is 0.897. The molecule has 0 spiro atoms. The van der Waals surface area contributed by atoms with E-state index in [2.05, 4.69) is 15.3 Å². The van der Waals surface area contributed by atoms with Gasteiger partial charge in [0, 0.05) is 11.3 Å².